The molecule has 0 atom stereocenters. The summed E-state index contributed by atoms with van der Waals surface area (Å²) in [6.07, 6.45) is 5.59. The Bertz CT molecular complexity index is 1090. The first kappa shape index (κ1) is 21.3. The molecule has 162 valence electrons. The molecule has 0 spiro atoms. The summed E-state index contributed by atoms with van der Waals surface area (Å²) in [5.74, 6) is -0.805. The summed E-state index contributed by atoms with van der Waals surface area (Å²) in [6.45, 7) is 2.67. The van der Waals surface area contributed by atoms with E-state index in [2.05, 4.69) is 22.9 Å². The van der Waals surface area contributed by atoms with Gasteiger partial charge < -0.3 is 23.7 Å². The van der Waals surface area contributed by atoms with Crippen LogP contribution in [0.5, 0.6) is 5.75 Å². The van der Waals surface area contributed by atoms with Crippen LogP contribution in [0.15, 0.2) is 59.4 Å². The molecule has 0 amide bonds. The van der Waals surface area contributed by atoms with Crippen LogP contribution in [0.2, 0.25) is 0 Å². The molecule has 0 aliphatic carbocycles. The van der Waals surface area contributed by atoms with Gasteiger partial charge >= 0.3 is 11.8 Å². The SMILES string of the molecule is CCCCc1oc2ccc(C(=O)O)cc2c1C1(c2ccc(OCCBr)cc2)OC=CO1. The predicted octanol–water partition coefficient (Wildman–Crippen LogP) is 5.97. The van der Waals surface area contributed by atoms with Crippen LogP contribution in [-0.4, -0.2) is 23.0 Å². The van der Waals surface area contributed by atoms with E-state index >= 15 is 0 Å². The first-order chi connectivity index (χ1) is 15.1. The summed E-state index contributed by atoms with van der Waals surface area (Å²) in [6, 6.07) is 12.3. The summed E-state index contributed by atoms with van der Waals surface area (Å²) in [5.41, 5.74) is 2.22. The van der Waals surface area contributed by atoms with Gasteiger partial charge in [0.05, 0.1) is 17.7 Å². The molecule has 0 saturated heterocycles. The summed E-state index contributed by atoms with van der Waals surface area (Å²) in [5, 5.41) is 10.9. The van der Waals surface area contributed by atoms with Crippen molar-refractivity contribution in [3.05, 3.63) is 77.4 Å². The van der Waals surface area contributed by atoms with E-state index < -0.39 is 11.8 Å². The molecule has 0 fully saturated rings. The quantitative estimate of drug-likeness (QED) is 0.375. The Balaban J connectivity index is 1.87. The second kappa shape index (κ2) is 9.06. The zero-order valence-corrected chi connectivity index (χ0v) is 18.7. The first-order valence-electron chi connectivity index (χ1n) is 10.2. The number of carboxylic acid groups (broad SMARTS) is 1. The highest BCUT2D eigenvalue weighted by Gasteiger charge is 2.45. The highest BCUT2D eigenvalue weighted by molar-refractivity contribution is 9.09. The largest absolute Gasteiger partial charge is 0.493 e. The molecular formula is C24H23BrO6. The smallest absolute Gasteiger partial charge is 0.335 e. The molecule has 0 radical (unpaired) electrons. The highest BCUT2D eigenvalue weighted by atomic mass is 79.9. The Hall–Kier alpha value is -2.93. The number of aromatic carboxylic acids is 1. The molecule has 1 aliphatic heterocycles. The van der Waals surface area contributed by atoms with Crippen LogP contribution in [0.3, 0.4) is 0 Å². The van der Waals surface area contributed by atoms with E-state index in [1.807, 2.05) is 24.3 Å². The van der Waals surface area contributed by atoms with Crippen molar-refractivity contribution < 1.29 is 28.5 Å². The Morgan fingerprint density at radius 2 is 1.87 bits per heavy atom. The van der Waals surface area contributed by atoms with Gasteiger partial charge in [-0.25, -0.2) is 4.79 Å². The molecule has 0 bridgehead atoms. The Kier molecular flexibility index (Phi) is 6.23. The van der Waals surface area contributed by atoms with Crippen LogP contribution >= 0.6 is 15.9 Å². The van der Waals surface area contributed by atoms with E-state index in [1.165, 1.54) is 12.5 Å². The second-order valence-electron chi connectivity index (χ2n) is 7.21. The van der Waals surface area contributed by atoms with Crippen LogP contribution in [-0.2, 0) is 21.7 Å². The maximum absolute atomic E-state index is 11.6. The monoisotopic (exact) mass is 486 g/mol. The number of furan rings is 1. The van der Waals surface area contributed by atoms with Crippen LogP contribution < -0.4 is 4.74 Å². The molecule has 2 heterocycles. The van der Waals surface area contributed by atoms with Crippen molar-refractivity contribution in [1.82, 2.24) is 0 Å². The number of unbranched alkanes of at least 4 members (excludes halogenated alkanes) is 1. The lowest BCUT2D eigenvalue weighted by Gasteiger charge is -2.29. The molecule has 3 aromatic rings. The Morgan fingerprint density at radius 3 is 2.52 bits per heavy atom. The average molecular weight is 487 g/mol. The minimum absolute atomic E-state index is 0.177. The summed E-state index contributed by atoms with van der Waals surface area (Å²) >= 11 is 3.35. The number of rotatable bonds is 9. The van der Waals surface area contributed by atoms with Crippen molar-refractivity contribution >= 4 is 32.9 Å². The van der Waals surface area contributed by atoms with Crippen LogP contribution in [0, 0.1) is 0 Å². The fourth-order valence-electron chi connectivity index (χ4n) is 3.76. The number of benzene rings is 2. The fraction of sp³-hybridized carbons (Fsp3) is 0.292. The van der Waals surface area contributed by atoms with Gasteiger partial charge in [-0.1, -0.05) is 29.3 Å². The lowest BCUT2D eigenvalue weighted by Crippen LogP contribution is -2.29. The van der Waals surface area contributed by atoms with Gasteiger partial charge in [0.25, 0.3) is 0 Å². The van der Waals surface area contributed by atoms with E-state index in [0.29, 0.717) is 29.6 Å². The van der Waals surface area contributed by atoms with Gasteiger partial charge in [-0.2, -0.15) is 0 Å². The third-order valence-electron chi connectivity index (χ3n) is 5.20. The third kappa shape index (κ3) is 4.02. The van der Waals surface area contributed by atoms with E-state index in [1.54, 1.807) is 18.2 Å². The zero-order valence-electron chi connectivity index (χ0n) is 17.1. The molecule has 0 unspecified atom stereocenters. The lowest BCUT2D eigenvalue weighted by atomic mass is 9.92. The summed E-state index contributed by atoms with van der Waals surface area (Å²) < 4.78 is 23.9. The Morgan fingerprint density at radius 1 is 1.13 bits per heavy atom. The number of fused-ring (bicyclic) bond motifs is 1. The zero-order chi connectivity index (χ0) is 21.8. The molecule has 0 saturated carbocycles. The number of ether oxygens (including phenoxy) is 3. The van der Waals surface area contributed by atoms with Gasteiger partial charge in [-0.15, -0.1) is 0 Å². The lowest BCUT2D eigenvalue weighted by molar-refractivity contribution is -0.112. The summed E-state index contributed by atoms with van der Waals surface area (Å²) in [7, 11) is 0. The fourth-order valence-corrected chi connectivity index (χ4v) is 3.92. The van der Waals surface area contributed by atoms with Crippen LogP contribution in [0.1, 0.15) is 47.0 Å². The van der Waals surface area contributed by atoms with Gasteiger partial charge in [-0.3, -0.25) is 0 Å². The molecule has 1 N–H and O–H groups in total. The Labute approximate surface area is 188 Å². The molecule has 31 heavy (non-hydrogen) atoms. The van der Waals surface area contributed by atoms with Crippen molar-refractivity contribution in [2.75, 3.05) is 11.9 Å². The number of aryl methyl sites for hydroxylation is 1. The van der Waals surface area contributed by atoms with Gasteiger partial charge in [-0.05, 0) is 48.9 Å². The normalized spacial score (nSPS) is 14.4. The standard InChI is InChI=1S/C24H23BrO6/c1-2-3-4-21-22(19-15-16(23(26)27)5-10-20(19)31-21)24(29-13-14-30-24)17-6-8-18(9-7-17)28-12-11-25/h5-10,13-15H,2-4,11-12H2,1H3,(H,26,27). The highest BCUT2D eigenvalue weighted by Crippen LogP contribution is 2.46. The number of carbonyl (C=O) groups is 1. The topological polar surface area (TPSA) is 78.1 Å². The minimum atomic E-state index is -1.26. The third-order valence-corrected chi connectivity index (χ3v) is 5.52. The molecule has 7 heteroatoms. The van der Waals surface area contributed by atoms with E-state index in [4.69, 9.17) is 18.6 Å². The molecule has 6 nitrogen and oxygen atoms in total. The van der Waals surface area contributed by atoms with E-state index in [0.717, 1.165) is 35.2 Å². The van der Waals surface area contributed by atoms with Crippen LogP contribution in [0.25, 0.3) is 11.0 Å². The van der Waals surface area contributed by atoms with Gasteiger partial charge in [0, 0.05) is 22.7 Å². The van der Waals surface area contributed by atoms with Gasteiger partial charge in [0.15, 0.2) is 0 Å². The molecule has 1 aromatic heterocycles. The molecule has 1 aliphatic rings. The summed E-state index contributed by atoms with van der Waals surface area (Å²) in [4.78, 5) is 11.6. The van der Waals surface area contributed by atoms with Crippen molar-refractivity contribution in [3.63, 3.8) is 0 Å². The number of alkyl halides is 1. The molecule has 4 rings (SSSR count). The van der Waals surface area contributed by atoms with Crippen molar-refractivity contribution in [3.8, 4) is 5.75 Å². The van der Waals surface area contributed by atoms with Gasteiger partial charge in [0.2, 0.25) is 0 Å². The molecular weight excluding hydrogens is 464 g/mol. The van der Waals surface area contributed by atoms with Crippen molar-refractivity contribution in [1.29, 1.82) is 0 Å². The predicted molar refractivity (Wildman–Crippen MR) is 120 cm³/mol. The number of hydrogen-bond acceptors (Lipinski definition) is 5. The van der Waals surface area contributed by atoms with Crippen molar-refractivity contribution in [2.24, 2.45) is 0 Å². The molecule has 2 aromatic carbocycles. The maximum atomic E-state index is 11.6. The van der Waals surface area contributed by atoms with Crippen LogP contribution in [0.4, 0.5) is 0 Å². The van der Waals surface area contributed by atoms with E-state index in [-0.39, 0.29) is 5.56 Å². The second-order valence-corrected chi connectivity index (χ2v) is 8.00. The number of halogens is 1. The van der Waals surface area contributed by atoms with E-state index in [9.17, 15) is 9.90 Å². The number of hydrogen-bond donors (Lipinski definition) is 1. The minimum Gasteiger partial charge on any atom is -0.493 e. The van der Waals surface area contributed by atoms with Crippen molar-refractivity contribution in [2.45, 2.75) is 32.0 Å². The average Bonchev–Trinajstić information content (AvgIpc) is 3.41. The first-order valence-corrected chi connectivity index (χ1v) is 11.3. The van der Waals surface area contributed by atoms with Gasteiger partial charge in [0.1, 0.15) is 29.6 Å². The number of carboxylic acids is 1. The maximum Gasteiger partial charge on any atom is 0.335 e.